The first-order valence-corrected chi connectivity index (χ1v) is 5.55. The molecule has 1 rings (SSSR count). The number of rotatable bonds is 3. The Morgan fingerprint density at radius 3 is 2.37 bits per heavy atom. The van der Waals surface area contributed by atoms with Crippen LogP contribution in [0.2, 0.25) is 0 Å². The molecule has 1 aromatic rings. The minimum absolute atomic E-state index is 0.408. The fourth-order valence-electron chi connectivity index (χ4n) is 1.24. The molecule has 1 amide bonds. The van der Waals surface area contributed by atoms with Crippen LogP contribution >= 0.6 is 0 Å². The molecule has 0 saturated carbocycles. The van der Waals surface area contributed by atoms with Gasteiger partial charge >= 0.3 is 6.09 Å². The van der Waals surface area contributed by atoms with Gasteiger partial charge in [-0.05, 0) is 32.9 Å². The highest BCUT2D eigenvalue weighted by atomic mass is 19.2. The van der Waals surface area contributed by atoms with Gasteiger partial charge in [0.2, 0.25) is 0 Å². The molecule has 2 N–H and O–H groups in total. The molecule has 0 fully saturated rings. The van der Waals surface area contributed by atoms with Crippen LogP contribution < -0.4 is 10.9 Å². The van der Waals surface area contributed by atoms with Crippen LogP contribution in [0.25, 0.3) is 0 Å². The van der Waals surface area contributed by atoms with E-state index in [9.17, 15) is 18.0 Å². The third-order valence-electron chi connectivity index (χ3n) is 1.99. The molecule has 0 aliphatic heterocycles. The van der Waals surface area contributed by atoms with E-state index >= 15 is 0 Å². The average molecular weight is 276 g/mol. The van der Waals surface area contributed by atoms with Crippen molar-refractivity contribution in [2.75, 3.05) is 0 Å². The van der Waals surface area contributed by atoms with Gasteiger partial charge in [-0.1, -0.05) is 0 Å². The molecule has 0 saturated heterocycles. The Labute approximate surface area is 108 Å². The molecule has 0 heterocycles. The van der Waals surface area contributed by atoms with Crippen molar-refractivity contribution in [3.8, 4) is 0 Å². The van der Waals surface area contributed by atoms with Crippen LogP contribution in [0.1, 0.15) is 26.3 Å². The predicted octanol–water partition coefficient (Wildman–Crippen LogP) is 2.63. The number of hydrazine groups is 1. The lowest BCUT2D eigenvalue weighted by Gasteiger charge is -2.19. The van der Waals surface area contributed by atoms with E-state index in [1.807, 2.05) is 0 Å². The van der Waals surface area contributed by atoms with Crippen molar-refractivity contribution >= 4 is 6.09 Å². The Morgan fingerprint density at radius 2 is 1.79 bits per heavy atom. The average Bonchev–Trinajstić information content (AvgIpc) is 2.26. The van der Waals surface area contributed by atoms with Crippen molar-refractivity contribution < 1.29 is 22.7 Å². The fraction of sp³-hybridized carbons (Fsp3) is 0.417. The zero-order valence-corrected chi connectivity index (χ0v) is 10.8. The minimum atomic E-state index is -1.29. The summed E-state index contributed by atoms with van der Waals surface area (Å²) in [5, 5.41) is 0. The van der Waals surface area contributed by atoms with Gasteiger partial charge in [0, 0.05) is 12.1 Å². The molecule has 106 valence electrons. The number of halogens is 3. The Kier molecular flexibility index (Phi) is 4.77. The second-order valence-electron chi connectivity index (χ2n) is 4.80. The first-order chi connectivity index (χ1) is 8.70. The molecule has 0 aromatic heterocycles. The molecular formula is C12H15F3N2O2. The zero-order valence-electron chi connectivity index (χ0n) is 10.8. The number of ether oxygens (including phenoxy) is 1. The van der Waals surface area contributed by atoms with Gasteiger partial charge in [-0.3, -0.25) is 5.43 Å². The number of benzene rings is 1. The quantitative estimate of drug-likeness (QED) is 0.659. The van der Waals surface area contributed by atoms with Gasteiger partial charge in [0.15, 0.2) is 11.6 Å². The van der Waals surface area contributed by atoms with E-state index in [4.69, 9.17) is 4.74 Å². The van der Waals surface area contributed by atoms with E-state index in [1.54, 1.807) is 20.8 Å². The SMILES string of the molecule is CC(C)(C)OC(=O)NNCc1c(F)ccc(F)c1F. The van der Waals surface area contributed by atoms with Crippen LogP contribution in [0, 0.1) is 17.5 Å². The van der Waals surface area contributed by atoms with Gasteiger partial charge in [0.05, 0.1) is 0 Å². The summed E-state index contributed by atoms with van der Waals surface area (Å²) < 4.78 is 44.3. The first kappa shape index (κ1) is 15.3. The molecule has 0 bridgehead atoms. The van der Waals surface area contributed by atoms with Gasteiger partial charge in [-0.15, -0.1) is 0 Å². The summed E-state index contributed by atoms with van der Waals surface area (Å²) in [4.78, 5) is 11.2. The van der Waals surface area contributed by atoms with Crippen LogP contribution in [0.5, 0.6) is 0 Å². The topological polar surface area (TPSA) is 50.4 Å². The smallest absolute Gasteiger partial charge is 0.422 e. The highest BCUT2D eigenvalue weighted by molar-refractivity contribution is 5.66. The molecule has 7 heteroatoms. The molecule has 19 heavy (non-hydrogen) atoms. The minimum Gasteiger partial charge on any atom is -0.443 e. The third kappa shape index (κ3) is 4.78. The van der Waals surface area contributed by atoms with E-state index in [0.29, 0.717) is 6.07 Å². The Balaban J connectivity index is 2.55. The van der Waals surface area contributed by atoms with E-state index in [1.165, 1.54) is 0 Å². The van der Waals surface area contributed by atoms with Gasteiger partial charge in [-0.25, -0.2) is 23.4 Å². The molecule has 0 atom stereocenters. The van der Waals surface area contributed by atoms with Crippen molar-refractivity contribution in [2.45, 2.75) is 32.9 Å². The lowest BCUT2D eigenvalue weighted by Crippen LogP contribution is -2.41. The maximum Gasteiger partial charge on any atom is 0.422 e. The van der Waals surface area contributed by atoms with Crippen LogP contribution in [0.4, 0.5) is 18.0 Å². The predicted molar refractivity (Wildman–Crippen MR) is 62.5 cm³/mol. The van der Waals surface area contributed by atoms with Gasteiger partial charge in [0.1, 0.15) is 11.4 Å². The molecule has 0 aliphatic rings. The number of nitrogens with one attached hydrogen (secondary N) is 2. The number of carbonyl (C=O) groups is 1. The normalized spacial score (nSPS) is 11.3. The summed E-state index contributed by atoms with van der Waals surface area (Å²) in [5.74, 6) is -3.36. The van der Waals surface area contributed by atoms with E-state index in [-0.39, 0.29) is 0 Å². The number of amides is 1. The molecule has 0 aliphatic carbocycles. The molecule has 0 spiro atoms. The van der Waals surface area contributed by atoms with Crippen LogP contribution in [0.3, 0.4) is 0 Å². The van der Waals surface area contributed by atoms with Crippen LogP contribution in [0.15, 0.2) is 12.1 Å². The monoisotopic (exact) mass is 276 g/mol. The fourth-order valence-corrected chi connectivity index (χ4v) is 1.24. The largest absolute Gasteiger partial charge is 0.443 e. The summed E-state index contributed by atoms with van der Waals surface area (Å²) in [6.07, 6.45) is -0.801. The van der Waals surface area contributed by atoms with E-state index in [2.05, 4.69) is 10.9 Å². The summed E-state index contributed by atoms with van der Waals surface area (Å²) in [5.41, 5.74) is 3.16. The van der Waals surface area contributed by atoms with Gasteiger partial charge in [-0.2, -0.15) is 0 Å². The number of carbonyl (C=O) groups excluding carboxylic acids is 1. The van der Waals surface area contributed by atoms with Gasteiger partial charge in [0.25, 0.3) is 0 Å². The van der Waals surface area contributed by atoms with Crippen molar-refractivity contribution in [1.82, 2.24) is 10.9 Å². The van der Waals surface area contributed by atoms with Crippen molar-refractivity contribution in [2.24, 2.45) is 0 Å². The van der Waals surface area contributed by atoms with E-state index < -0.39 is 41.3 Å². The summed E-state index contributed by atoms with van der Waals surface area (Å²) in [7, 11) is 0. The summed E-state index contributed by atoms with van der Waals surface area (Å²) >= 11 is 0. The van der Waals surface area contributed by atoms with Crippen molar-refractivity contribution in [3.63, 3.8) is 0 Å². The van der Waals surface area contributed by atoms with Crippen molar-refractivity contribution in [3.05, 3.63) is 35.1 Å². The van der Waals surface area contributed by atoms with Gasteiger partial charge < -0.3 is 4.74 Å². The van der Waals surface area contributed by atoms with E-state index in [0.717, 1.165) is 6.07 Å². The maximum atomic E-state index is 13.3. The lowest BCUT2D eigenvalue weighted by atomic mass is 10.2. The summed E-state index contributed by atoms with van der Waals surface area (Å²) in [6.45, 7) is 4.59. The Bertz CT molecular complexity index is 473. The molecule has 4 nitrogen and oxygen atoms in total. The second-order valence-corrected chi connectivity index (χ2v) is 4.80. The zero-order chi connectivity index (χ0) is 14.6. The lowest BCUT2D eigenvalue weighted by molar-refractivity contribution is 0.0496. The third-order valence-corrected chi connectivity index (χ3v) is 1.99. The maximum absolute atomic E-state index is 13.3. The first-order valence-electron chi connectivity index (χ1n) is 5.55. The number of hydrogen-bond donors (Lipinski definition) is 2. The molecule has 0 radical (unpaired) electrons. The number of hydrogen-bond acceptors (Lipinski definition) is 3. The molecule has 1 aromatic carbocycles. The second kappa shape index (κ2) is 5.92. The summed E-state index contributed by atoms with van der Waals surface area (Å²) in [6, 6.07) is 1.50. The van der Waals surface area contributed by atoms with Crippen LogP contribution in [-0.4, -0.2) is 11.7 Å². The van der Waals surface area contributed by atoms with Crippen LogP contribution in [-0.2, 0) is 11.3 Å². The molecular weight excluding hydrogens is 261 g/mol. The molecule has 0 unspecified atom stereocenters. The standard InChI is InChI=1S/C12H15F3N2O2/c1-12(2,3)19-11(18)17-16-6-7-8(13)4-5-9(14)10(7)15/h4-5,16H,6H2,1-3H3,(H,17,18). The van der Waals surface area contributed by atoms with Crippen molar-refractivity contribution in [1.29, 1.82) is 0 Å². The Hall–Kier alpha value is -1.76. The highest BCUT2D eigenvalue weighted by Crippen LogP contribution is 2.15. The Morgan fingerprint density at radius 1 is 1.21 bits per heavy atom. The highest BCUT2D eigenvalue weighted by Gasteiger charge is 2.17.